The molecule has 0 saturated heterocycles. The minimum Gasteiger partial charge on any atom is -0.346 e. The number of allylic oxidation sites excluding steroid dienone is 1. The lowest BCUT2D eigenvalue weighted by Gasteiger charge is -2.17. The SMILES string of the molecule is CCC1=CNc2nc(Cl)nc(Cl)c2C1. The summed E-state index contributed by atoms with van der Waals surface area (Å²) in [4.78, 5) is 7.97. The van der Waals surface area contributed by atoms with Crippen molar-refractivity contribution in [3.63, 3.8) is 0 Å². The van der Waals surface area contributed by atoms with Crippen LogP contribution in [0.1, 0.15) is 18.9 Å². The van der Waals surface area contributed by atoms with E-state index in [9.17, 15) is 0 Å². The summed E-state index contributed by atoms with van der Waals surface area (Å²) in [7, 11) is 0. The average molecular weight is 230 g/mol. The molecule has 1 aromatic heterocycles. The molecule has 0 saturated carbocycles. The number of aromatic nitrogens is 2. The highest BCUT2D eigenvalue weighted by molar-refractivity contribution is 6.32. The molecule has 0 amide bonds. The molecule has 0 aliphatic carbocycles. The predicted octanol–water partition coefficient (Wildman–Crippen LogP) is 3.05. The second kappa shape index (κ2) is 3.75. The first-order valence-electron chi connectivity index (χ1n) is 4.37. The van der Waals surface area contributed by atoms with E-state index in [0.717, 1.165) is 18.4 Å². The first-order valence-corrected chi connectivity index (χ1v) is 5.12. The highest BCUT2D eigenvalue weighted by atomic mass is 35.5. The third kappa shape index (κ3) is 1.70. The molecule has 2 rings (SSSR count). The molecule has 1 aliphatic rings. The van der Waals surface area contributed by atoms with Crippen LogP contribution in [0.15, 0.2) is 11.8 Å². The van der Waals surface area contributed by atoms with Crippen LogP contribution in [0.25, 0.3) is 0 Å². The van der Waals surface area contributed by atoms with Crippen LogP contribution < -0.4 is 5.32 Å². The third-order valence-corrected chi connectivity index (χ3v) is 2.68. The van der Waals surface area contributed by atoms with Gasteiger partial charge in [0.05, 0.1) is 0 Å². The van der Waals surface area contributed by atoms with Crippen molar-refractivity contribution in [1.82, 2.24) is 9.97 Å². The Labute approximate surface area is 92.2 Å². The normalized spacial score (nSPS) is 14.4. The van der Waals surface area contributed by atoms with E-state index in [4.69, 9.17) is 23.2 Å². The van der Waals surface area contributed by atoms with Crippen LogP contribution in [-0.4, -0.2) is 9.97 Å². The fourth-order valence-corrected chi connectivity index (χ4v) is 1.83. The van der Waals surface area contributed by atoms with Crippen LogP contribution in [0.4, 0.5) is 5.82 Å². The van der Waals surface area contributed by atoms with Gasteiger partial charge in [0.15, 0.2) is 0 Å². The second-order valence-electron chi connectivity index (χ2n) is 3.09. The van der Waals surface area contributed by atoms with Gasteiger partial charge in [-0.05, 0) is 23.6 Å². The zero-order chi connectivity index (χ0) is 10.1. The van der Waals surface area contributed by atoms with Crippen molar-refractivity contribution in [2.75, 3.05) is 5.32 Å². The van der Waals surface area contributed by atoms with E-state index >= 15 is 0 Å². The van der Waals surface area contributed by atoms with Gasteiger partial charge in [-0.25, -0.2) is 9.97 Å². The number of halogens is 2. The summed E-state index contributed by atoms with van der Waals surface area (Å²) in [6.45, 7) is 2.10. The van der Waals surface area contributed by atoms with Gasteiger partial charge in [0.2, 0.25) is 5.28 Å². The van der Waals surface area contributed by atoms with Crippen LogP contribution in [0.5, 0.6) is 0 Å². The largest absolute Gasteiger partial charge is 0.346 e. The van der Waals surface area contributed by atoms with Crippen molar-refractivity contribution in [2.24, 2.45) is 0 Å². The standard InChI is InChI=1S/C9H9Cl2N3/c1-2-5-3-6-7(10)13-9(11)14-8(6)12-4-5/h4H,2-3H2,1H3,(H,12,13,14). The number of anilines is 1. The molecule has 0 bridgehead atoms. The van der Waals surface area contributed by atoms with Gasteiger partial charge >= 0.3 is 0 Å². The smallest absolute Gasteiger partial charge is 0.225 e. The molecule has 0 aromatic carbocycles. The van der Waals surface area contributed by atoms with Crippen molar-refractivity contribution in [2.45, 2.75) is 19.8 Å². The van der Waals surface area contributed by atoms with E-state index in [1.54, 1.807) is 0 Å². The van der Waals surface area contributed by atoms with Crippen LogP contribution >= 0.6 is 23.2 Å². The fraction of sp³-hybridized carbons (Fsp3) is 0.333. The zero-order valence-electron chi connectivity index (χ0n) is 7.64. The van der Waals surface area contributed by atoms with Crippen molar-refractivity contribution >= 4 is 29.0 Å². The van der Waals surface area contributed by atoms with Crippen molar-refractivity contribution < 1.29 is 0 Å². The van der Waals surface area contributed by atoms with E-state index < -0.39 is 0 Å². The molecule has 74 valence electrons. The van der Waals surface area contributed by atoms with Crippen molar-refractivity contribution in [1.29, 1.82) is 0 Å². The maximum absolute atomic E-state index is 5.97. The maximum Gasteiger partial charge on any atom is 0.225 e. The second-order valence-corrected chi connectivity index (χ2v) is 3.78. The Morgan fingerprint density at radius 2 is 2.21 bits per heavy atom. The maximum atomic E-state index is 5.97. The lowest BCUT2D eigenvalue weighted by atomic mass is 10.0. The molecule has 1 aliphatic heterocycles. The zero-order valence-corrected chi connectivity index (χ0v) is 9.15. The van der Waals surface area contributed by atoms with Gasteiger partial charge in [0.25, 0.3) is 0 Å². The molecule has 1 aromatic rings. The van der Waals surface area contributed by atoms with Crippen LogP contribution in [0.2, 0.25) is 10.4 Å². The molecule has 14 heavy (non-hydrogen) atoms. The molecule has 0 atom stereocenters. The van der Waals surface area contributed by atoms with Crippen LogP contribution in [-0.2, 0) is 6.42 Å². The summed E-state index contributed by atoms with van der Waals surface area (Å²) in [5, 5.41) is 3.68. The molecule has 0 fully saturated rings. The van der Waals surface area contributed by atoms with Gasteiger partial charge in [-0.2, -0.15) is 0 Å². The number of hydrogen-bond donors (Lipinski definition) is 1. The minimum atomic E-state index is 0.176. The van der Waals surface area contributed by atoms with Crippen LogP contribution in [0, 0.1) is 0 Å². The molecule has 1 N–H and O–H groups in total. The Hall–Kier alpha value is -0.800. The lowest BCUT2D eigenvalue weighted by Crippen LogP contribution is -2.09. The summed E-state index contributed by atoms with van der Waals surface area (Å²) in [6, 6.07) is 0. The van der Waals surface area contributed by atoms with Gasteiger partial charge in [-0.3, -0.25) is 0 Å². The highest BCUT2D eigenvalue weighted by Gasteiger charge is 2.16. The van der Waals surface area contributed by atoms with Crippen molar-refractivity contribution in [3.8, 4) is 0 Å². The Bertz CT molecular complexity index is 401. The first-order chi connectivity index (χ1) is 6.70. The van der Waals surface area contributed by atoms with E-state index in [1.165, 1.54) is 5.57 Å². The van der Waals surface area contributed by atoms with Gasteiger partial charge in [-0.15, -0.1) is 0 Å². The Balaban J connectivity index is 2.43. The molecule has 2 heterocycles. The molecule has 0 unspecified atom stereocenters. The fourth-order valence-electron chi connectivity index (χ4n) is 1.38. The van der Waals surface area contributed by atoms with Gasteiger partial charge in [0, 0.05) is 18.2 Å². The van der Waals surface area contributed by atoms with Gasteiger partial charge < -0.3 is 5.32 Å². The average Bonchev–Trinajstić information content (AvgIpc) is 2.17. The number of nitrogens with one attached hydrogen (secondary N) is 1. The molecule has 0 spiro atoms. The molecule has 0 radical (unpaired) electrons. The summed E-state index contributed by atoms with van der Waals surface area (Å²) < 4.78 is 0. The molecular weight excluding hydrogens is 221 g/mol. The van der Waals surface area contributed by atoms with E-state index in [2.05, 4.69) is 22.2 Å². The summed E-state index contributed by atoms with van der Waals surface area (Å²) in [5.41, 5.74) is 2.21. The van der Waals surface area contributed by atoms with E-state index in [-0.39, 0.29) is 5.28 Å². The third-order valence-electron chi connectivity index (χ3n) is 2.20. The quantitative estimate of drug-likeness (QED) is 0.595. The topological polar surface area (TPSA) is 37.8 Å². The number of hydrogen-bond acceptors (Lipinski definition) is 3. The van der Waals surface area contributed by atoms with Gasteiger partial charge in [0.1, 0.15) is 11.0 Å². The molecule has 5 heteroatoms. The minimum absolute atomic E-state index is 0.176. The van der Waals surface area contributed by atoms with Gasteiger partial charge in [-0.1, -0.05) is 18.5 Å². The summed E-state index contributed by atoms with van der Waals surface area (Å²) in [5.74, 6) is 0.715. The number of rotatable bonds is 1. The number of fused-ring (bicyclic) bond motifs is 1. The van der Waals surface area contributed by atoms with E-state index in [0.29, 0.717) is 11.0 Å². The van der Waals surface area contributed by atoms with Crippen molar-refractivity contribution in [3.05, 3.63) is 27.8 Å². The van der Waals surface area contributed by atoms with Crippen LogP contribution in [0.3, 0.4) is 0 Å². The lowest BCUT2D eigenvalue weighted by molar-refractivity contribution is 0.955. The predicted molar refractivity (Wildman–Crippen MR) is 57.8 cm³/mol. The Kier molecular flexibility index (Phi) is 2.61. The highest BCUT2D eigenvalue weighted by Crippen LogP contribution is 2.29. The summed E-state index contributed by atoms with van der Waals surface area (Å²) >= 11 is 11.7. The molecule has 3 nitrogen and oxygen atoms in total. The Morgan fingerprint density at radius 3 is 2.93 bits per heavy atom. The summed E-state index contributed by atoms with van der Waals surface area (Å²) in [6.07, 6.45) is 3.74. The Morgan fingerprint density at radius 1 is 1.43 bits per heavy atom. The van der Waals surface area contributed by atoms with E-state index in [1.807, 2.05) is 6.20 Å². The monoisotopic (exact) mass is 229 g/mol. The first kappa shape index (κ1) is 9.74. The molecular formula is C9H9Cl2N3. The number of nitrogens with zero attached hydrogens (tertiary/aromatic N) is 2.